The Morgan fingerprint density at radius 1 is 1.16 bits per heavy atom. The van der Waals surface area contributed by atoms with E-state index in [1.165, 1.54) is 22.7 Å². The van der Waals surface area contributed by atoms with Crippen molar-refractivity contribution < 1.29 is 9.90 Å². The van der Waals surface area contributed by atoms with Crippen molar-refractivity contribution in [1.82, 2.24) is 14.8 Å². The van der Waals surface area contributed by atoms with Gasteiger partial charge in [-0.3, -0.25) is 9.36 Å². The van der Waals surface area contributed by atoms with Crippen LogP contribution >= 0.6 is 11.8 Å². The minimum Gasteiger partial charge on any atom is -0.480 e. The Hall–Kier alpha value is -2.34. The van der Waals surface area contributed by atoms with Gasteiger partial charge in [-0.1, -0.05) is 55.9 Å². The number of carbonyl (C=O) groups is 1. The molecule has 0 aliphatic rings. The molecular weight excluding hydrogens is 334 g/mol. The van der Waals surface area contributed by atoms with Crippen LogP contribution in [0.25, 0.3) is 16.5 Å². The molecule has 6 heteroatoms. The Labute approximate surface area is 151 Å². The molecule has 0 atom stereocenters. The summed E-state index contributed by atoms with van der Waals surface area (Å²) in [6.45, 7) is 7.69. The van der Waals surface area contributed by atoms with E-state index in [-0.39, 0.29) is 0 Å². The summed E-state index contributed by atoms with van der Waals surface area (Å²) in [5.74, 6) is -0.466. The van der Waals surface area contributed by atoms with E-state index in [0.717, 1.165) is 11.1 Å². The maximum Gasteiger partial charge on any atom is 0.319 e. The largest absolute Gasteiger partial charge is 0.480 e. The molecule has 25 heavy (non-hydrogen) atoms. The summed E-state index contributed by atoms with van der Waals surface area (Å²) in [7, 11) is 0. The molecule has 1 heterocycles. The van der Waals surface area contributed by atoms with Gasteiger partial charge in [0.2, 0.25) is 0 Å². The Balaban J connectivity index is 2.15. The summed E-state index contributed by atoms with van der Waals surface area (Å²) >= 11 is 1.19. The predicted molar refractivity (Wildman–Crippen MR) is 101 cm³/mol. The molecule has 1 N–H and O–H groups in total. The second-order valence-corrected chi connectivity index (χ2v) is 8.37. The normalized spacial score (nSPS) is 12.0. The fourth-order valence-electron chi connectivity index (χ4n) is 2.75. The molecule has 0 spiro atoms. The molecule has 0 bridgehead atoms. The van der Waals surface area contributed by atoms with E-state index in [9.17, 15) is 9.90 Å². The van der Waals surface area contributed by atoms with E-state index in [1.807, 2.05) is 16.7 Å². The van der Waals surface area contributed by atoms with E-state index in [2.05, 4.69) is 48.3 Å². The van der Waals surface area contributed by atoms with Crippen LogP contribution in [0, 0.1) is 0 Å². The zero-order valence-electron chi connectivity index (χ0n) is 14.7. The lowest BCUT2D eigenvalue weighted by Gasteiger charge is -2.19. The number of aliphatic carboxylic acids is 1. The molecule has 0 amide bonds. The highest BCUT2D eigenvalue weighted by Crippen LogP contribution is 2.35. The molecule has 2 aromatic carbocycles. The lowest BCUT2D eigenvalue weighted by Crippen LogP contribution is -2.27. The monoisotopic (exact) mass is 355 g/mol. The maximum atomic E-state index is 11.4. The highest BCUT2D eigenvalue weighted by atomic mass is 32.2. The number of carboxylic acids is 1. The SMILES string of the molecule is CC(C)c1ccc(-n2cnnc2SC(C)(C)C(=O)O)c2ccccc12. The second-order valence-electron chi connectivity index (χ2n) is 6.78. The zero-order valence-corrected chi connectivity index (χ0v) is 15.5. The quantitative estimate of drug-likeness (QED) is 0.683. The molecule has 130 valence electrons. The number of benzene rings is 2. The van der Waals surface area contributed by atoms with Crippen LogP contribution in [0.15, 0.2) is 47.9 Å². The molecule has 0 aliphatic carbocycles. The number of rotatable bonds is 5. The van der Waals surface area contributed by atoms with Crippen molar-refractivity contribution in [2.75, 3.05) is 0 Å². The maximum absolute atomic E-state index is 11.4. The molecule has 3 rings (SSSR count). The number of nitrogens with zero attached hydrogens (tertiary/aromatic N) is 3. The summed E-state index contributed by atoms with van der Waals surface area (Å²) < 4.78 is 0.875. The van der Waals surface area contributed by atoms with Crippen LogP contribution < -0.4 is 0 Å². The summed E-state index contributed by atoms with van der Waals surface area (Å²) in [6.07, 6.45) is 1.64. The third kappa shape index (κ3) is 3.26. The van der Waals surface area contributed by atoms with Gasteiger partial charge in [0.25, 0.3) is 0 Å². The minimum atomic E-state index is -0.988. The molecule has 0 aliphatic heterocycles. The minimum absolute atomic E-state index is 0.416. The third-order valence-electron chi connectivity index (χ3n) is 4.19. The number of aromatic nitrogens is 3. The van der Waals surface area contributed by atoms with Gasteiger partial charge in [-0.2, -0.15) is 0 Å². The molecule has 5 nitrogen and oxygen atoms in total. The first-order valence-electron chi connectivity index (χ1n) is 8.15. The van der Waals surface area contributed by atoms with Gasteiger partial charge in [0, 0.05) is 5.39 Å². The first kappa shape index (κ1) is 17.5. The van der Waals surface area contributed by atoms with Gasteiger partial charge < -0.3 is 5.11 Å². The topological polar surface area (TPSA) is 68.0 Å². The lowest BCUT2D eigenvalue weighted by molar-refractivity contribution is -0.138. The molecule has 0 radical (unpaired) electrons. The standard InChI is InChI=1S/C19H21N3O2S/c1-12(2)13-9-10-16(15-8-6-5-7-14(13)15)22-11-20-21-18(22)25-19(3,4)17(23)24/h5-12H,1-4H3,(H,23,24). The van der Waals surface area contributed by atoms with Gasteiger partial charge in [0.1, 0.15) is 11.1 Å². The molecule has 0 fully saturated rings. The molecule has 1 aromatic heterocycles. The van der Waals surface area contributed by atoms with Crippen molar-refractivity contribution in [2.24, 2.45) is 0 Å². The molecule has 0 saturated heterocycles. The first-order valence-corrected chi connectivity index (χ1v) is 8.97. The number of thioether (sulfide) groups is 1. The van der Waals surface area contributed by atoms with Crippen LogP contribution in [0.1, 0.15) is 39.2 Å². The summed E-state index contributed by atoms with van der Waals surface area (Å²) in [4.78, 5) is 11.4. The summed E-state index contributed by atoms with van der Waals surface area (Å²) in [5.41, 5.74) is 2.24. The van der Waals surface area contributed by atoms with Gasteiger partial charge in [-0.25, -0.2) is 0 Å². The van der Waals surface area contributed by atoms with Crippen LogP contribution in [-0.2, 0) is 4.79 Å². The summed E-state index contributed by atoms with van der Waals surface area (Å²) in [6, 6.07) is 12.4. The van der Waals surface area contributed by atoms with Gasteiger partial charge in [-0.15, -0.1) is 10.2 Å². The van der Waals surface area contributed by atoms with Crippen LogP contribution in [0.4, 0.5) is 0 Å². The fraction of sp³-hybridized carbons (Fsp3) is 0.316. The fourth-order valence-corrected chi connectivity index (χ4v) is 3.63. The average molecular weight is 355 g/mol. The smallest absolute Gasteiger partial charge is 0.319 e. The van der Waals surface area contributed by atoms with Crippen molar-refractivity contribution in [3.8, 4) is 5.69 Å². The zero-order chi connectivity index (χ0) is 18.2. The third-order valence-corrected chi connectivity index (χ3v) is 5.34. The van der Waals surface area contributed by atoms with Crippen LogP contribution in [0.2, 0.25) is 0 Å². The molecule has 0 saturated carbocycles. The number of hydrogen-bond donors (Lipinski definition) is 1. The molecule has 0 unspecified atom stereocenters. The predicted octanol–water partition coefficient (Wildman–Crippen LogP) is 4.50. The van der Waals surface area contributed by atoms with Crippen molar-refractivity contribution in [3.05, 3.63) is 48.3 Å². The molecule has 3 aromatic rings. The van der Waals surface area contributed by atoms with E-state index in [1.54, 1.807) is 20.2 Å². The highest BCUT2D eigenvalue weighted by Gasteiger charge is 2.31. The van der Waals surface area contributed by atoms with Crippen molar-refractivity contribution in [1.29, 1.82) is 0 Å². The average Bonchev–Trinajstić information content (AvgIpc) is 3.00. The van der Waals surface area contributed by atoms with E-state index >= 15 is 0 Å². The summed E-state index contributed by atoms with van der Waals surface area (Å²) in [5, 5.41) is 20.4. The van der Waals surface area contributed by atoms with Crippen LogP contribution in [0.3, 0.4) is 0 Å². The van der Waals surface area contributed by atoms with Crippen molar-refractivity contribution >= 4 is 28.5 Å². The Bertz CT molecular complexity index is 931. The number of carboxylic acid groups (broad SMARTS) is 1. The van der Waals surface area contributed by atoms with Gasteiger partial charge in [-0.05, 0) is 36.8 Å². The highest BCUT2D eigenvalue weighted by molar-refractivity contribution is 8.01. The number of fused-ring (bicyclic) bond motifs is 1. The van der Waals surface area contributed by atoms with Gasteiger partial charge >= 0.3 is 5.97 Å². The second kappa shape index (κ2) is 6.52. The number of hydrogen-bond acceptors (Lipinski definition) is 4. The van der Waals surface area contributed by atoms with Crippen LogP contribution in [-0.4, -0.2) is 30.6 Å². The Morgan fingerprint density at radius 3 is 2.48 bits per heavy atom. The van der Waals surface area contributed by atoms with Crippen molar-refractivity contribution in [3.63, 3.8) is 0 Å². The van der Waals surface area contributed by atoms with E-state index in [0.29, 0.717) is 11.1 Å². The Kier molecular flexibility index (Phi) is 4.56. The van der Waals surface area contributed by atoms with E-state index in [4.69, 9.17) is 0 Å². The Morgan fingerprint density at radius 2 is 1.84 bits per heavy atom. The van der Waals surface area contributed by atoms with E-state index < -0.39 is 10.7 Å². The molecular formula is C19H21N3O2S. The van der Waals surface area contributed by atoms with Gasteiger partial charge in [0.15, 0.2) is 5.16 Å². The van der Waals surface area contributed by atoms with Gasteiger partial charge in [0.05, 0.1) is 5.69 Å². The van der Waals surface area contributed by atoms with Crippen molar-refractivity contribution in [2.45, 2.75) is 43.5 Å². The van der Waals surface area contributed by atoms with Crippen LogP contribution in [0.5, 0.6) is 0 Å². The lowest BCUT2D eigenvalue weighted by atomic mass is 9.95. The first-order chi connectivity index (χ1) is 11.8.